The van der Waals surface area contributed by atoms with Crippen LogP contribution in [0.2, 0.25) is 0 Å². The molecule has 0 unspecified atom stereocenters. The number of benzene rings is 1. The summed E-state index contributed by atoms with van der Waals surface area (Å²) < 4.78 is 0. The lowest BCUT2D eigenvalue weighted by Crippen LogP contribution is -2.42. The molecule has 4 nitrogen and oxygen atoms in total. The number of dihydropyridines is 1. The van der Waals surface area contributed by atoms with E-state index in [1.807, 2.05) is 18.2 Å². The molecule has 0 aromatic heterocycles. The van der Waals surface area contributed by atoms with Crippen molar-refractivity contribution in [2.45, 2.75) is 59.3 Å². The molecule has 1 N–H and O–H groups in total. The number of rotatable bonds is 1. The van der Waals surface area contributed by atoms with Gasteiger partial charge >= 0.3 is 0 Å². The fourth-order valence-electron chi connectivity index (χ4n) is 5.01. The van der Waals surface area contributed by atoms with Crippen LogP contribution >= 0.6 is 0 Å². The van der Waals surface area contributed by atoms with Gasteiger partial charge in [-0.3, -0.25) is 9.59 Å². The van der Waals surface area contributed by atoms with E-state index in [2.05, 4.69) is 39.1 Å². The molecule has 144 valence electrons. The summed E-state index contributed by atoms with van der Waals surface area (Å²) >= 11 is 0. The second kappa shape index (κ2) is 6.17. The van der Waals surface area contributed by atoms with E-state index in [4.69, 9.17) is 0 Å². The maximum atomic E-state index is 13.2. The van der Waals surface area contributed by atoms with E-state index in [1.54, 1.807) is 6.07 Å². The Morgan fingerprint density at radius 3 is 1.96 bits per heavy atom. The number of Topliss-reactive ketones (excluding diaryl/α,β-unsaturated/α-hetero) is 2. The van der Waals surface area contributed by atoms with Crippen LogP contribution in [0.5, 0.6) is 0 Å². The van der Waals surface area contributed by atoms with E-state index in [-0.39, 0.29) is 28.3 Å². The Kier molecular flexibility index (Phi) is 4.12. The van der Waals surface area contributed by atoms with Gasteiger partial charge in [0.15, 0.2) is 11.6 Å². The molecule has 0 fully saturated rings. The van der Waals surface area contributed by atoms with Crippen molar-refractivity contribution in [1.29, 1.82) is 5.26 Å². The number of carbonyl (C=O) groups is 2. The van der Waals surface area contributed by atoms with Crippen molar-refractivity contribution in [3.05, 3.63) is 57.9 Å². The Balaban J connectivity index is 1.93. The van der Waals surface area contributed by atoms with Crippen LogP contribution in [-0.2, 0) is 9.59 Å². The lowest BCUT2D eigenvalue weighted by Gasteiger charge is -2.44. The molecular formula is C24H26N2O2. The summed E-state index contributed by atoms with van der Waals surface area (Å²) in [7, 11) is 0. The summed E-state index contributed by atoms with van der Waals surface area (Å²) in [5.74, 6) is -0.155. The standard InChI is InChI=1S/C24H26N2O2/c1-23(2)9-16-21(18(27)11-23)20(15-7-5-6-14(8-15)13-25)22-17(26-16)10-24(3,4)12-19(22)28/h5-8,20,26H,9-12H2,1-4H3. The third-order valence-corrected chi connectivity index (χ3v) is 6.07. The molecule has 0 spiro atoms. The van der Waals surface area contributed by atoms with E-state index in [1.165, 1.54) is 0 Å². The molecule has 2 aliphatic carbocycles. The number of hydrogen-bond acceptors (Lipinski definition) is 4. The summed E-state index contributed by atoms with van der Waals surface area (Å²) in [5, 5.41) is 12.9. The lowest BCUT2D eigenvalue weighted by molar-refractivity contribution is -0.119. The first kappa shape index (κ1) is 18.7. The Morgan fingerprint density at radius 2 is 1.46 bits per heavy atom. The number of allylic oxidation sites excluding steroid dienone is 4. The second-order valence-corrected chi connectivity index (χ2v) is 9.96. The molecule has 3 aliphatic rings. The van der Waals surface area contributed by atoms with Crippen LogP contribution in [0.25, 0.3) is 0 Å². The van der Waals surface area contributed by atoms with E-state index in [0.717, 1.165) is 40.9 Å². The molecule has 0 radical (unpaired) electrons. The lowest BCUT2D eigenvalue weighted by atomic mass is 9.64. The maximum Gasteiger partial charge on any atom is 0.162 e. The average Bonchev–Trinajstić information content (AvgIpc) is 2.57. The highest BCUT2D eigenvalue weighted by Gasteiger charge is 2.46. The van der Waals surface area contributed by atoms with Crippen molar-refractivity contribution < 1.29 is 9.59 Å². The number of ketones is 2. The van der Waals surface area contributed by atoms with Crippen LogP contribution in [0.3, 0.4) is 0 Å². The highest BCUT2D eigenvalue weighted by Crippen LogP contribution is 2.50. The Labute approximate surface area is 166 Å². The number of hydrogen-bond donors (Lipinski definition) is 1. The van der Waals surface area contributed by atoms with Gasteiger partial charge in [0.1, 0.15) is 0 Å². The SMILES string of the molecule is CC1(C)CC(=O)C2=C(C1)NC1=C(C(=O)CC(C)(C)C1)C2c1cccc(C#N)c1. The third kappa shape index (κ3) is 3.09. The van der Waals surface area contributed by atoms with Gasteiger partial charge in [0.05, 0.1) is 11.6 Å². The number of nitrogens with one attached hydrogen (secondary N) is 1. The van der Waals surface area contributed by atoms with Crippen LogP contribution in [0.1, 0.15) is 70.4 Å². The molecule has 1 aromatic carbocycles. The molecule has 0 bridgehead atoms. The largest absolute Gasteiger partial charge is 0.362 e. The summed E-state index contributed by atoms with van der Waals surface area (Å²) in [4.78, 5) is 26.4. The summed E-state index contributed by atoms with van der Waals surface area (Å²) in [6.45, 7) is 8.45. The zero-order valence-electron chi connectivity index (χ0n) is 17.0. The second-order valence-electron chi connectivity index (χ2n) is 9.96. The van der Waals surface area contributed by atoms with Gasteiger partial charge in [-0.15, -0.1) is 0 Å². The van der Waals surface area contributed by atoms with Crippen LogP contribution in [0.15, 0.2) is 46.8 Å². The number of nitriles is 1. The molecule has 0 saturated carbocycles. The van der Waals surface area contributed by atoms with Gasteiger partial charge in [0, 0.05) is 41.3 Å². The first-order valence-corrected chi connectivity index (χ1v) is 9.90. The van der Waals surface area contributed by atoms with E-state index < -0.39 is 0 Å². The van der Waals surface area contributed by atoms with Gasteiger partial charge in [-0.05, 0) is 41.4 Å². The Hall–Kier alpha value is -2.67. The summed E-state index contributed by atoms with van der Waals surface area (Å²) in [5.41, 5.74) is 4.56. The fraction of sp³-hybridized carbons (Fsp3) is 0.458. The van der Waals surface area contributed by atoms with Gasteiger partial charge in [-0.25, -0.2) is 0 Å². The maximum absolute atomic E-state index is 13.2. The highest BCUT2D eigenvalue weighted by atomic mass is 16.1. The van der Waals surface area contributed by atoms with Crippen molar-refractivity contribution in [1.82, 2.24) is 5.32 Å². The monoisotopic (exact) mass is 374 g/mol. The third-order valence-electron chi connectivity index (χ3n) is 6.07. The van der Waals surface area contributed by atoms with Crippen LogP contribution in [0, 0.1) is 22.2 Å². The molecule has 4 heteroatoms. The molecule has 28 heavy (non-hydrogen) atoms. The van der Waals surface area contributed by atoms with Crippen molar-refractivity contribution in [2.75, 3.05) is 0 Å². The fourth-order valence-corrected chi connectivity index (χ4v) is 5.01. The highest BCUT2D eigenvalue weighted by molar-refractivity contribution is 6.06. The van der Waals surface area contributed by atoms with Gasteiger partial charge in [0.25, 0.3) is 0 Å². The first-order valence-electron chi connectivity index (χ1n) is 9.90. The topological polar surface area (TPSA) is 70.0 Å². The predicted molar refractivity (Wildman–Crippen MR) is 107 cm³/mol. The minimum atomic E-state index is -0.369. The van der Waals surface area contributed by atoms with Crippen LogP contribution < -0.4 is 5.32 Å². The minimum absolute atomic E-state index is 0.103. The molecule has 0 atom stereocenters. The zero-order chi connectivity index (χ0) is 20.3. The molecule has 4 rings (SSSR count). The normalized spacial score (nSPS) is 23.7. The van der Waals surface area contributed by atoms with E-state index >= 15 is 0 Å². The molecule has 0 amide bonds. The van der Waals surface area contributed by atoms with Crippen molar-refractivity contribution >= 4 is 11.6 Å². The van der Waals surface area contributed by atoms with Crippen molar-refractivity contribution in [3.63, 3.8) is 0 Å². The summed E-state index contributed by atoms with van der Waals surface area (Å²) in [6.07, 6.45) is 2.52. The van der Waals surface area contributed by atoms with Crippen molar-refractivity contribution in [3.8, 4) is 6.07 Å². The van der Waals surface area contributed by atoms with Gasteiger partial charge < -0.3 is 5.32 Å². The number of carbonyl (C=O) groups excluding carboxylic acids is 2. The van der Waals surface area contributed by atoms with Crippen molar-refractivity contribution in [2.24, 2.45) is 10.8 Å². The minimum Gasteiger partial charge on any atom is -0.362 e. The van der Waals surface area contributed by atoms with Gasteiger partial charge in [0.2, 0.25) is 0 Å². The predicted octanol–water partition coefficient (Wildman–Crippen LogP) is 4.53. The van der Waals surface area contributed by atoms with Gasteiger partial charge in [-0.1, -0.05) is 39.8 Å². The molecule has 1 aliphatic heterocycles. The van der Waals surface area contributed by atoms with E-state index in [0.29, 0.717) is 18.4 Å². The molecule has 0 saturated heterocycles. The molecule has 1 heterocycles. The van der Waals surface area contributed by atoms with Gasteiger partial charge in [-0.2, -0.15) is 5.26 Å². The quantitative estimate of drug-likeness (QED) is 0.784. The van der Waals surface area contributed by atoms with E-state index in [9.17, 15) is 14.9 Å². The Morgan fingerprint density at radius 1 is 0.929 bits per heavy atom. The van der Waals surface area contributed by atoms with Crippen LogP contribution in [-0.4, -0.2) is 11.6 Å². The number of nitrogens with zero attached hydrogens (tertiary/aromatic N) is 1. The van der Waals surface area contributed by atoms with Crippen LogP contribution in [0.4, 0.5) is 0 Å². The zero-order valence-corrected chi connectivity index (χ0v) is 17.0. The molecular weight excluding hydrogens is 348 g/mol. The first-order chi connectivity index (χ1) is 13.1. The Bertz CT molecular complexity index is 950. The smallest absolute Gasteiger partial charge is 0.162 e. The average molecular weight is 374 g/mol. The summed E-state index contributed by atoms with van der Waals surface area (Å²) in [6, 6.07) is 9.54. The molecule has 1 aromatic rings.